The van der Waals surface area contributed by atoms with Gasteiger partial charge >= 0.3 is 5.69 Å². The molecule has 0 radical (unpaired) electrons. The van der Waals surface area contributed by atoms with Crippen LogP contribution in [0.2, 0.25) is 0 Å². The third kappa shape index (κ3) is 2.81. The lowest BCUT2D eigenvalue weighted by atomic mass is 10.2. The Morgan fingerprint density at radius 3 is 2.92 bits per heavy atom. The van der Waals surface area contributed by atoms with Crippen molar-refractivity contribution in [3.05, 3.63) is 62.7 Å². The maximum absolute atomic E-state index is 12.6. The largest absolute Gasteiger partial charge is 0.454 e. The molecule has 132 valence electrons. The number of hydrogen-bond donors (Lipinski definition) is 3. The van der Waals surface area contributed by atoms with E-state index < -0.39 is 17.2 Å². The Morgan fingerprint density at radius 2 is 2.12 bits per heavy atom. The van der Waals surface area contributed by atoms with Crippen LogP contribution in [0.5, 0.6) is 11.5 Å². The third-order valence-electron chi connectivity index (χ3n) is 3.73. The van der Waals surface area contributed by atoms with Crippen LogP contribution in [0.25, 0.3) is 0 Å². The molecule has 1 amide bonds. The van der Waals surface area contributed by atoms with Gasteiger partial charge in [-0.25, -0.2) is 9.89 Å². The molecule has 11 nitrogen and oxygen atoms in total. The Balaban J connectivity index is 1.65. The van der Waals surface area contributed by atoms with Crippen LogP contribution in [0, 0.1) is 0 Å². The fraction of sp³-hybridized carbons (Fsp3) is 0.133. The minimum absolute atomic E-state index is 0.0335. The van der Waals surface area contributed by atoms with Gasteiger partial charge in [0.25, 0.3) is 11.5 Å². The molecule has 2 aromatic heterocycles. The van der Waals surface area contributed by atoms with Gasteiger partial charge < -0.3 is 14.5 Å². The lowest BCUT2D eigenvalue weighted by Crippen LogP contribution is -2.39. The molecule has 1 aliphatic heterocycles. The van der Waals surface area contributed by atoms with Crippen LogP contribution in [0.1, 0.15) is 15.9 Å². The molecule has 3 aromatic rings. The summed E-state index contributed by atoms with van der Waals surface area (Å²) in [5, 5.41) is 8.42. The second-order valence-corrected chi connectivity index (χ2v) is 5.37. The summed E-state index contributed by atoms with van der Waals surface area (Å²) in [6.45, 7) is 0.0881. The molecule has 1 aliphatic rings. The second-order valence-electron chi connectivity index (χ2n) is 5.37. The summed E-state index contributed by atoms with van der Waals surface area (Å²) < 4.78 is 11.4. The Kier molecular flexibility index (Phi) is 3.73. The normalized spacial score (nSPS) is 12.2. The van der Waals surface area contributed by atoms with Crippen LogP contribution in [-0.4, -0.2) is 37.4 Å². The average Bonchev–Trinajstić information content (AvgIpc) is 3.29. The maximum atomic E-state index is 12.6. The molecule has 0 atom stereocenters. The van der Waals surface area contributed by atoms with Crippen molar-refractivity contribution in [3.63, 3.8) is 0 Å². The highest BCUT2D eigenvalue weighted by atomic mass is 16.7. The van der Waals surface area contributed by atoms with Gasteiger partial charge in [0.05, 0.1) is 6.54 Å². The van der Waals surface area contributed by atoms with Crippen LogP contribution in [0.3, 0.4) is 0 Å². The van der Waals surface area contributed by atoms with Crippen LogP contribution in [0.4, 0.5) is 5.95 Å². The zero-order chi connectivity index (χ0) is 18.1. The average molecular weight is 356 g/mol. The lowest BCUT2D eigenvalue weighted by Gasteiger charge is -2.08. The van der Waals surface area contributed by atoms with Crippen molar-refractivity contribution in [2.75, 3.05) is 12.1 Å². The van der Waals surface area contributed by atoms with Gasteiger partial charge in [-0.1, -0.05) is 6.07 Å². The molecule has 26 heavy (non-hydrogen) atoms. The summed E-state index contributed by atoms with van der Waals surface area (Å²) >= 11 is 0. The number of amides is 1. The summed E-state index contributed by atoms with van der Waals surface area (Å²) in [6, 6.07) is 5.08. The molecule has 1 aromatic carbocycles. The van der Waals surface area contributed by atoms with Gasteiger partial charge in [-0.15, -0.1) is 0 Å². The number of hydrogen-bond acceptors (Lipinski definition) is 7. The highest BCUT2D eigenvalue weighted by Crippen LogP contribution is 2.32. The number of aromatic amines is 2. The zero-order valence-corrected chi connectivity index (χ0v) is 13.2. The van der Waals surface area contributed by atoms with Gasteiger partial charge in [0.2, 0.25) is 12.7 Å². The molecule has 0 unspecified atom stereocenters. The number of benzene rings is 1. The zero-order valence-electron chi connectivity index (χ0n) is 13.2. The van der Waals surface area contributed by atoms with Crippen molar-refractivity contribution in [2.45, 2.75) is 6.54 Å². The molecule has 4 rings (SSSR count). The third-order valence-corrected chi connectivity index (χ3v) is 3.73. The van der Waals surface area contributed by atoms with E-state index in [0.29, 0.717) is 17.1 Å². The fourth-order valence-corrected chi connectivity index (χ4v) is 2.48. The first kappa shape index (κ1) is 15.6. The van der Waals surface area contributed by atoms with E-state index >= 15 is 0 Å². The lowest BCUT2D eigenvalue weighted by molar-refractivity contribution is 0.102. The topological polar surface area (TPSA) is 144 Å². The predicted octanol–water partition coefficient (Wildman–Crippen LogP) is -0.316. The first-order valence-electron chi connectivity index (χ1n) is 7.49. The Bertz CT molecular complexity index is 1080. The van der Waals surface area contributed by atoms with Crippen molar-refractivity contribution in [2.24, 2.45) is 0 Å². The SMILES string of the molecule is O=C(Nc1ncn[nH]1)c1c[nH]c(=O)n(Cc2ccc3c(c2)OCO3)c1=O. The van der Waals surface area contributed by atoms with Gasteiger partial charge in [0, 0.05) is 6.20 Å². The van der Waals surface area contributed by atoms with Crippen molar-refractivity contribution in [3.8, 4) is 11.5 Å². The highest BCUT2D eigenvalue weighted by molar-refractivity contribution is 6.02. The summed E-state index contributed by atoms with van der Waals surface area (Å²) in [6.07, 6.45) is 2.27. The van der Waals surface area contributed by atoms with E-state index in [2.05, 4.69) is 25.5 Å². The van der Waals surface area contributed by atoms with Gasteiger partial charge in [0.1, 0.15) is 11.9 Å². The van der Waals surface area contributed by atoms with Gasteiger partial charge in [-0.3, -0.25) is 19.5 Å². The molecular weight excluding hydrogens is 344 g/mol. The first-order chi connectivity index (χ1) is 12.6. The van der Waals surface area contributed by atoms with E-state index in [1.807, 2.05) is 0 Å². The van der Waals surface area contributed by atoms with Crippen molar-refractivity contribution in [1.29, 1.82) is 0 Å². The molecule has 0 aliphatic carbocycles. The van der Waals surface area contributed by atoms with Gasteiger partial charge in [0.15, 0.2) is 11.5 Å². The number of nitrogens with one attached hydrogen (secondary N) is 3. The maximum Gasteiger partial charge on any atom is 0.328 e. The van der Waals surface area contributed by atoms with E-state index in [-0.39, 0.29) is 24.8 Å². The minimum Gasteiger partial charge on any atom is -0.454 e. The standard InChI is InChI=1S/C15H12N6O5/c22-12(19-14-17-6-18-20-14)9-4-16-15(24)21(13(9)23)5-8-1-2-10-11(3-8)26-7-25-10/h1-4,6H,5,7H2,(H,16,24)(H2,17,18,19,20,22). The van der Waals surface area contributed by atoms with E-state index in [1.165, 1.54) is 6.33 Å². The molecule has 0 saturated carbocycles. The molecule has 11 heteroatoms. The molecule has 3 N–H and O–H groups in total. The van der Waals surface area contributed by atoms with Crippen LogP contribution < -0.4 is 26.0 Å². The smallest absolute Gasteiger partial charge is 0.328 e. The number of nitrogens with zero attached hydrogens (tertiary/aromatic N) is 3. The number of anilines is 1. The number of carbonyl (C=O) groups is 1. The predicted molar refractivity (Wildman–Crippen MR) is 87.3 cm³/mol. The fourth-order valence-electron chi connectivity index (χ4n) is 2.48. The molecule has 0 saturated heterocycles. The van der Waals surface area contributed by atoms with Crippen molar-refractivity contribution < 1.29 is 14.3 Å². The quantitative estimate of drug-likeness (QED) is 0.581. The summed E-state index contributed by atoms with van der Waals surface area (Å²) in [7, 11) is 0. The van der Waals surface area contributed by atoms with Crippen molar-refractivity contribution in [1.82, 2.24) is 24.7 Å². The second kappa shape index (κ2) is 6.20. The van der Waals surface area contributed by atoms with Gasteiger partial charge in [-0.2, -0.15) is 10.1 Å². The van der Waals surface area contributed by atoms with Crippen molar-refractivity contribution >= 4 is 11.9 Å². The van der Waals surface area contributed by atoms with E-state index in [9.17, 15) is 14.4 Å². The minimum atomic E-state index is -0.733. The number of fused-ring (bicyclic) bond motifs is 1. The Morgan fingerprint density at radius 1 is 1.27 bits per heavy atom. The summed E-state index contributed by atoms with van der Waals surface area (Å²) in [5.41, 5.74) is -0.955. The number of carbonyl (C=O) groups excluding carboxylic acids is 1. The van der Waals surface area contributed by atoms with Crippen LogP contribution in [0.15, 0.2) is 40.3 Å². The number of aromatic nitrogens is 5. The van der Waals surface area contributed by atoms with E-state index in [1.54, 1.807) is 18.2 Å². The monoisotopic (exact) mass is 356 g/mol. The number of ether oxygens (including phenoxy) is 2. The summed E-state index contributed by atoms with van der Waals surface area (Å²) in [4.78, 5) is 43.0. The van der Waals surface area contributed by atoms with E-state index in [4.69, 9.17) is 9.47 Å². The summed E-state index contributed by atoms with van der Waals surface area (Å²) in [5.74, 6) is 0.492. The van der Waals surface area contributed by atoms with E-state index in [0.717, 1.165) is 10.8 Å². The Labute approximate surface area is 144 Å². The highest BCUT2D eigenvalue weighted by Gasteiger charge is 2.18. The molecule has 3 heterocycles. The molecule has 0 spiro atoms. The van der Waals surface area contributed by atoms with Gasteiger partial charge in [-0.05, 0) is 17.7 Å². The molecule has 0 bridgehead atoms. The van der Waals surface area contributed by atoms with Crippen LogP contribution >= 0.6 is 0 Å². The Hall–Kier alpha value is -3.89. The molecular formula is C15H12N6O5. The first-order valence-corrected chi connectivity index (χ1v) is 7.49. The van der Waals surface area contributed by atoms with Crippen LogP contribution in [-0.2, 0) is 6.54 Å². The molecule has 0 fully saturated rings. The number of rotatable bonds is 4. The number of H-pyrrole nitrogens is 2.